The van der Waals surface area contributed by atoms with Crippen LogP contribution < -0.4 is 4.90 Å². The average molecular weight is 419 g/mol. The van der Waals surface area contributed by atoms with E-state index in [1.807, 2.05) is 0 Å². The first-order valence-electron chi connectivity index (χ1n) is 7.64. The Morgan fingerprint density at radius 3 is 2.00 bits per heavy atom. The quantitative estimate of drug-likeness (QED) is 0.759. The number of alkyl halides is 6. The Kier molecular flexibility index (Phi) is 5.43. The van der Waals surface area contributed by atoms with E-state index in [2.05, 4.69) is 0 Å². The van der Waals surface area contributed by atoms with Crippen LogP contribution >= 0.6 is 0 Å². The summed E-state index contributed by atoms with van der Waals surface area (Å²) in [5, 5.41) is 5.94. The first-order chi connectivity index (χ1) is 12.1. The van der Waals surface area contributed by atoms with E-state index in [-0.39, 0.29) is 19.0 Å². The van der Waals surface area contributed by atoms with E-state index in [0.717, 1.165) is 11.8 Å². The molecule has 1 N–H and O–H groups in total. The monoisotopic (exact) mass is 419 g/mol. The SMILES string of the molecule is CC(C(=O)O)S(=O)(=O)C1CCN(c2cc(C(F)(F)F)cc(C(F)(F)F)c2)C1. The smallest absolute Gasteiger partial charge is 0.416 e. The van der Waals surface area contributed by atoms with E-state index in [0.29, 0.717) is 12.1 Å². The van der Waals surface area contributed by atoms with Crippen molar-refractivity contribution in [2.75, 3.05) is 18.0 Å². The number of carboxylic acids is 1. The fourth-order valence-corrected chi connectivity index (χ4v) is 4.46. The summed E-state index contributed by atoms with van der Waals surface area (Å²) in [7, 11) is -4.14. The van der Waals surface area contributed by atoms with Crippen LogP contribution in [0, 0.1) is 0 Å². The van der Waals surface area contributed by atoms with Gasteiger partial charge in [-0.25, -0.2) is 8.42 Å². The van der Waals surface area contributed by atoms with Crippen molar-refractivity contribution in [1.29, 1.82) is 0 Å². The van der Waals surface area contributed by atoms with Gasteiger partial charge in [-0.2, -0.15) is 26.3 Å². The Balaban J connectivity index is 2.38. The standard InChI is InChI=1S/C15H15F6NO4S/c1-8(13(23)24)27(25,26)12-2-3-22(7-12)11-5-9(14(16,17)18)4-10(6-11)15(19,20)21/h4-6,8,12H,2-3,7H2,1H3,(H,23,24). The summed E-state index contributed by atoms with van der Waals surface area (Å²) in [5.41, 5.74) is -3.42. The van der Waals surface area contributed by atoms with Crippen molar-refractivity contribution < 1.29 is 44.7 Å². The number of carboxylic acid groups (broad SMARTS) is 1. The molecule has 1 fully saturated rings. The molecule has 152 valence electrons. The molecule has 12 heteroatoms. The number of benzene rings is 1. The van der Waals surface area contributed by atoms with Crippen molar-refractivity contribution >= 4 is 21.5 Å². The zero-order valence-electron chi connectivity index (χ0n) is 13.8. The van der Waals surface area contributed by atoms with Gasteiger partial charge in [0.05, 0.1) is 16.4 Å². The minimum atomic E-state index is -5.01. The third kappa shape index (κ3) is 4.47. The van der Waals surface area contributed by atoms with E-state index in [4.69, 9.17) is 5.11 Å². The van der Waals surface area contributed by atoms with Gasteiger partial charge in [-0.15, -0.1) is 0 Å². The predicted octanol–water partition coefficient (Wildman–Crippen LogP) is 3.19. The van der Waals surface area contributed by atoms with Crippen LogP contribution in [0.3, 0.4) is 0 Å². The van der Waals surface area contributed by atoms with Crippen LogP contribution in [-0.4, -0.2) is 43.1 Å². The molecular weight excluding hydrogens is 404 g/mol. The highest BCUT2D eigenvalue weighted by molar-refractivity contribution is 7.93. The van der Waals surface area contributed by atoms with E-state index >= 15 is 0 Å². The molecule has 1 saturated heterocycles. The molecule has 0 aromatic heterocycles. The van der Waals surface area contributed by atoms with Crippen molar-refractivity contribution in [2.45, 2.75) is 36.2 Å². The maximum atomic E-state index is 12.9. The molecule has 0 aliphatic carbocycles. The number of aliphatic carboxylic acids is 1. The zero-order valence-corrected chi connectivity index (χ0v) is 14.6. The summed E-state index contributed by atoms with van der Waals surface area (Å²) in [6.07, 6.45) is -10.1. The van der Waals surface area contributed by atoms with Gasteiger partial charge in [0.15, 0.2) is 15.1 Å². The lowest BCUT2D eigenvalue weighted by atomic mass is 10.1. The normalized spacial score (nSPS) is 20.0. The second kappa shape index (κ2) is 6.88. The second-order valence-corrected chi connectivity index (χ2v) is 8.74. The number of carbonyl (C=O) groups is 1. The number of hydrogen-bond acceptors (Lipinski definition) is 4. The maximum absolute atomic E-state index is 12.9. The summed E-state index contributed by atoms with van der Waals surface area (Å²) >= 11 is 0. The van der Waals surface area contributed by atoms with Crippen LogP contribution in [0.25, 0.3) is 0 Å². The van der Waals surface area contributed by atoms with Crippen LogP contribution in [0.4, 0.5) is 32.0 Å². The Morgan fingerprint density at radius 1 is 1.11 bits per heavy atom. The van der Waals surface area contributed by atoms with Crippen LogP contribution in [0.15, 0.2) is 18.2 Å². The Hall–Kier alpha value is -1.98. The number of hydrogen-bond donors (Lipinski definition) is 1. The minimum Gasteiger partial charge on any atom is -0.480 e. The summed E-state index contributed by atoms with van der Waals surface area (Å²) in [4.78, 5) is 12.0. The van der Waals surface area contributed by atoms with Gasteiger partial charge in [-0.1, -0.05) is 0 Å². The van der Waals surface area contributed by atoms with Gasteiger partial charge in [0.1, 0.15) is 0 Å². The maximum Gasteiger partial charge on any atom is 0.416 e. The van der Waals surface area contributed by atoms with Gasteiger partial charge < -0.3 is 10.0 Å². The van der Waals surface area contributed by atoms with Crippen molar-refractivity contribution in [1.82, 2.24) is 0 Å². The van der Waals surface area contributed by atoms with Crippen molar-refractivity contribution in [2.24, 2.45) is 0 Å². The molecular formula is C15H15F6NO4S. The Bertz CT molecular complexity index is 801. The second-order valence-electron chi connectivity index (χ2n) is 6.19. The van der Waals surface area contributed by atoms with Crippen LogP contribution in [-0.2, 0) is 27.0 Å². The molecule has 0 amide bonds. The predicted molar refractivity (Wildman–Crippen MR) is 83.1 cm³/mol. The first kappa shape index (κ1) is 21.3. The molecule has 0 bridgehead atoms. The molecule has 5 nitrogen and oxygen atoms in total. The summed E-state index contributed by atoms with van der Waals surface area (Å²) in [5.74, 6) is -1.58. The molecule has 27 heavy (non-hydrogen) atoms. The molecule has 2 atom stereocenters. The topological polar surface area (TPSA) is 74.7 Å². The van der Waals surface area contributed by atoms with Gasteiger partial charge in [0.2, 0.25) is 0 Å². The molecule has 0 saturated carbocycles. The summed E-state index contributed by atoms with van der Waals surface area (Å²) < 4.78 is 102. The highest BCUT2D eigenvalue weighted by Crippen LogP contribution is 2.39. The molecule has 1 aromatic carbocycles. The molecule has 2 rings (SSSR count). The third-order valence-corrected chi connectivity index (χ3v) is 6.89. The molecule has 1 aliphatic heterocycles. The fraction of sp³-hybridized carbons (Fsp3) is 0.533. The van der Waals surface area contributed by atoms with Crippen LogP contribution in [0.1, 0.15) is 24.5 Å². The van der Waals surface area contributed by atoms with Gasteiger partial charge >= 0.3 is 18.3 Å². The van der Waals surface area contributed by atoms with E-state index < -0.39 is 62.0 Å². The number of nitrogens with zero attached hydrogens (tertiary/aromatic N) is 1. The van der Waals surface area contributed by atoms with E-state index in [1.165, 1.54) is 0 Å². The van der Waals surface area contributed by atoms with Crippen molar-refractivity contribution in [3.63, 3.8) is 0 Å². The molecule has 0 radical (unpaired) electrons. The van der Waals surface area contributed by atoms with Crippen LogP contribution in [0.2, 0.25) is 0 Å². The number of halogens is 6. The fourth-order valence-electron chi connectivity index (χ4n) is 2.78. The molecule has 1 aliphatic rings. The van der Waals surface area contributed by atoms with Crippen molar-refractivity contribution in [3.8, 4) is 0 Å². The highest BCUT2D eigenvalue weighted by Gasteiger charge is 2.41. The first-order valence-corrected chi connectivity index (χ1v) is 9.25. The van der Waals surface area contributed by atoms with Gasteiger partial charge in [0.25, 0.3) is 0 Å². The number of anilines is 1. The molecule has 1 aromatic rings. The molecule has 0 spiro atoms. The van der Waals surface area contributed by atoms with Crippen LogP contribution in [0.5, 0.6) is 0 Å². The van der Waals surface area contributed by atoms with E-state index in [1.54, 1.807) is 0 Å². The van der Waals surface area contributed by atoms with Gasteiger partial charge in [-0.3, -0.25) is 4.79 Å². The largest absolute Gasteiger partial charge is 0.480 e. The van der Waals surface area contributed by atoms with E-state index in [9.17, 15) is 39.6 Å². The summed E-state index contributed by atoms with van der Waals surface area (Å²) in [6, 6.07) is 1.02. The zero-order chi connectivity index (χ0) is 20.8. The highest BCUT2D eigenvalue weighted by atomic mass is 32.2. The van der Waals surface area contributed by atoms with Gasteiger partial charge in [0, 0.05) is 18.8 Å². The summed E-state index contributed by atoms with van der Waals surface area (Å²) in [6.45, 7) is 0.458. The number of rotatable bonds is 4. The Morgan fingerprint density at radius 2 is 1.59 bits per heavy atom. The lowest BCUT2D eigenvalue weighted by molar-refractivity contribution is -0.143. The van der Waals surface area contributed by atoms with Crippen molar-refractivity contribution in [3.05, 3.63) is 29.3 Å². The van der Waals surface area contributed by atoms with Gasteiger partial charge in [-0.05, 0) is 31.5 Å². The lowest BCUT2D eigenvalue weighted by Crippen LogP contribution is -2.37. The lowest BCUT2D eigenvalue weighted by Gasteiger charge is -2.22. The molecule has 1 heterocycles. The number of sulfone groups is 1. The average Bonchev–Trinajstić information content (AvgIpc) is 3.02. The molecule has 2 unspecified atom stereocenters. The third-order valence-electron chi connectivity index (χ3n) is 4.39. The Labute approximate surface area is 150 Å². The minimum absolute atomic E-state index is 0.0136.